The van der Waals surface area contributed by atoms with Crippen molar-refractivity contribution in [2.24, 2.45) is 5.92 Å². The summed E-state index contributed by atoms with van der Waals surface area (Å²) in [5.41, 5.74) is 0.826. The van der Waals surface area contributed by atoms with Crippen LogP contribution >= 0.6 is 11.3 Å². The van der Waals surface area contributed by atoms with Gasteiger partial charge in [0.15, 0.2) is 0 Å². The van der Waals surface area contributed by atoms with E-state index in [4.69, 9.17) is 4.74 Å². The Kier molecular flexibility index (Phi) is 9.35. The van der Waals surface area contributed by atoms with Gasteiger partial charge in [-0.3, -0.25) is 4.79 Å². The summed E-state index contributed by atoms with van der Waals surface area (Å²) >= 11 is 1.51. The number of amides is 1. The number of benzene rings is 1. The van der Waals surface area contributed by atoms with Crippen LogP contribution < -0.4 is 5.32 Å². The van der Waals surface area contributed by atoms with E-state index in [1.807, 2.05) is 12.3 Å². The number of nitrogens with one attached hydrogen (secondary N) is 1. The topological polar surface area (TPSA) is 106 Å². The molecule has 10 heteroatoms. The summed E-state index contributed by atoms with van der Waals surface area (Å²) < 4.78 is 32.2. The van der Waals surface area contributed by atoms with Crippen LogP contribution in [0.4, 0.5) is 0 Å². The monoisotopic (exact) mass is 481 g/mol. The highest BCUT2D eigenvalue weighted by Gasteiger charge is 2.28. The van der Waals surface area contributed by atoms with E-state index >= 15 is 0 Å². The van der Waals surface area contributed by atoms with Gasteiger partial charge in [0.25, 0.3) is 5.91 Å². The Morgan fingerprint density at radius 2 is 1.88 bits per heavy atom. The van der Waals surface area contributed by atoms with Crippen LogP contribution in [0.15, 0.2) is 34.5 Å². The van der Waals surface area contributed by atoms with Crippen LogP contribution in [0, 0.1) is 5.92 Å². The van der Waals surface area contributed by atoms with Gasteiger partial charge >= 0.3 is 5.97 Å². The lowest BCUT2D eigenvalue weighted by atomic mass is 10.0. The van der Waals surface area contributed by atoms with Crippen LogP contribution in [0.1, 0.15) is 55.7 Å². The Morgan fingerprint density at radius 3 is 2.44 bits per heavy atom. The molecule has 32 heavy (non-hydrogen) atoms. The van der Waals surface area contributed by atoms with Crippen LogP contribution in [0.3, 0.4) is 0 Å². The zero-order chi connectivity index (χ0) is 23.9. The molecule has 0 spiro atoms. The smallest absolute Gasteiger partial charge is 0.329 e. The van der Waals surface area contributed by atoms with Gasteiger partial charge < -0.3 is 10.1 Å². The molecule has 176 valence electrons. The van der Waals surface area contributed by atoms with Crippen molar-refractivity contribution in [2.75, 3.05) is 13.1 Å². The second kappa shape index (κ2) is 11.5. The minimum Gasteiger partial charge on any atom is -0.458 e. The highest BCUT2D eigenvalue weighted by Crippen LogP contribution is 2.18. The highest BCUT2D eigenvalue weighted by atomic mass is 32.2. The van der Waals surface area contributed by atoms with Crippen molar-refractivity contribution in [3.63, 3.8) is 0 Å². The van der Waals surface area contributed by atoms with Crippen molar-refractivity contribution in [3.8, 4) is 0 Å². The molecule has 1 aromatic carbocycles. The first-order valence-corrected chi connectivity index (χ1v) is 13.0. The molecule has 0 saturated carbocycles. The number of esters is 1. The summed E-state index contributed by atoms with van der Waals surface area (Å²) in [6.45, 7) is 9.80. The third-order valence-corrected chi connectivity index (χ3v) is 8.00. The van der Waals surface area contributed by atoms with Crippen LogP contribution in [0.2, 0.25) is 0 Å². The first kappa shape index (κ1) is 26.0. The summed E-state index contributed by atoms with van der Waals surface area (Å²) in [5.74, 6) is -1.33. The van der Waals surface area contributed by atoms with Gasteiger partial charge in [-0.25, -0.2) is 18.2 Å². The molecule has 0 bridgehead atoms. The fourth-order valence-corrected chi connectivity index (χ4v) is 5.28. The molecule has 1 atom stereocenters. The van der Waals surface area contributed by atoms with E-state index < -0.39 is 27.9 Å². The molecule has 0 aliphatic rings. The van der Waals surface area contributed by atoms with E-state index in [1.165, 1.54) is 39.9 Å². The van der Waals surface area contributed by atoms with Crippen LogP contribution in [-0.2, 0) is 32.6 Å². The van der Waals surface area contributed by atoms with Crippen LogP contribution in [0.25, 0.3) is 0 Å². The Bertz CT molecular complexity index is 1030. The molecule has 0 fully saturated rings. The van der Waals surface area contributed by atoms with E-state index in [0.717, 1.165) is 11.4 Å². The van der Waals surface area contributed by atoms with E-state index in [0.29, 0.717) is 18.8 Å². The first-order chi connectivity index (χ1) is 15.1. The summed E-state index contributed by atoms with van der Waals surface area (Å²) in [6.07, 6.45) is 0.812. The van der Waals surface area contributed by atoms with Crippen molar-refractivity contribution in [2.45, 2.75) is 58.6 Å². The van der Waals surface area contributed by atoms with Crippen molar-refractivity contribution < 1.29 is 22.7 Å². The predicted molar refractivity (Wildman–Crippen MR) is 124 cm³/mol. The van der Waals surface area contributed by atoms with Gasteiger partial charge in [0, 0.05) is 24.0 Å². The molecule has 2 rings (SSSR count). The molecule has 2 aromatic rings. The summed E-state index contributed by atoms with van der Waals surface area (Å²) in [6, 6.07) is 4.93. The fourth-order valence-electron chi connectivity index (χ4n) is 3.05. The van der Waals surface area contributed by atoms with Gasteiger partial charge in [0.1, 0.15) is 12.6 Å². The zero-order valence-electron chi connectivity index (χ0n) is 19.1. The summed E-state index contributed by atoms with van der Waals surface area (Å²) in [4.78, 5) is 29.9. The molecule has 1 amide bonds. The van der Waals surface area contributed by atoms with E-state index in [2.05, 4.69) is 10.3 Å². The Hall–Kier alpha value is -2.30. The average molecular weight is 482 g/mol. The molecule has 0 unspecified atom stereocenters. The predicted octanol–water partition coefficient (Wildman–Crippen LogP) is 3.23. The molecule has 0 radical (unpaired) electrons. The number of nitrogens with zero attached hydrogens (tertiary/aromatic N) is 2. The number of ether oxygens (including phenoxy) is 1. The molecule has 0 aliphatic carbocycles. The Labute approximate surface area is 194 Å². The Balaban J connectivity index is 2.13. The zero-order valence-corrected chi connectivity index (χ0v) is 20.8. The van der Waals surface area contributed by atoms with Gasteiger partial charge in [0.05, 0.1) is 15.6 Å². The summed E-state index contributed by atoms with van der Waals surface area (Å²) in [5, 5.41) is 5.49. The average Bonchev–Trinajstić information content (AvgIpc) is 3.24. The van der Waals surface area contributed by atoms with Crippen LogP contribution in [-0.4, -0.2) is 48.7 Å². The molecular formula is C22H31N3O5S2. The lowest BCUT2D eigenvalue weighted by Crippen LogP contribution is -2.45. The molecule has 1 aromatic heterocycles. The third kappa shape index (κ3) is 6.36. The third-order valence-electron chi connectivity index (χ3n) is 4.91. The van der Waals surface area contributed by atoms with E-state index in [1.54, 1.807) is 27.7 Å². The van der Waals surface area contributed by atoms with Gasteiger partial charge in [-0.05, 0) is 30.5 Å². The number of aromatic nitrogens is 1. The van der Waals surface area contributed by atoms with Crippen molar-refractivity contribution in [3.05, 3.63) is 45.9 Å². The number of carbonyl (C=O) groups is 2. The first-order valence-electron chi connectivity index (χ1n) is 10.6. The molecule has 1 N–H and O–H groups in total. The fraction of sp³-hybridized carbons (Fsp3) is 0.500. The molecule has 0 saturated heterocycles. The molecule has 8 nitrogen and oxygen atoms in total. The maximum absolute atomic E-state index is 12.8. The normalized spacial score (nSPS) is 12.7. The number of sulfonamides is 1. The number of hydrogen-bond acceptors (Lipinski definition) is 7. The maximum atomic E-state index is 12.8. The molecular weight excluding hydrogens is 450 g/mol. The quantitative estimate of drug-likeness (QED) is 0.494. The van der Waals surface area contributed by atoms with Crippen molar-refractivity contribution in [1.82, 2.24) is 14.6 Å². The van der Waals surface area contributed by atoms with Gasteiger partial charge in [-0.15, -0.1) is 11.3 Å². The number of rotatable bonds is 11. The highest BCUT2D eigenvalue weighted by molar-refractivity contribution is 7.89. The lowest BCUT2D eigenvalue weighted by Gasteiger charge is -2.21. The second-order valence-electron chi connectivity index (χ2n) is 7.51. The van der Waals surface area contributed by atoms with Gasteiger partial charge in [-0.2, -0.15) is 4.31 Å². The van der Waals surface area contributed by atoms with Gasteiger partial charge in [-0.1, -0.05) is 40.7 Å². The van der Waals surface area contributed by atoms with Crippen molar-refractivity contribution in [1.29, 1.82) is 0 Å². The molecule has 0 aliphatic heterocycles. The largest absolute Gasteiger partial charge is 0.458 e. The summed E-state index contributed by atoms with van der Waals surface area (Å²) in [7, 11) is -3.70. The minimum atomic E-state index is -3.70. The minimum absolute atomic E-state index is 0.0338. The Morgan fingerprint density at radius 1 is 1.19 bits per heavy atom. The maximum Gasteiger partial charge on any atom is 0.329 e. The SMILES string of the molecule is CCc1nc(COC(=O)[C@@H](NC(=O)c2cccc(S(=O)(=O)N(CC)CC)c2)C(C)C)cs1. The standard InChI is InChI=1S/C22H31N3O5S2/c1-6-19-23-17(14-31-19)13-30-22(27)20(15(4)5)24-21(26)16-10-9-11-18(12-16)32(28,29)25(7-2)8-3/h9-12,14-15,20H,6-8,13H2,1-5H3,(H,24,26)/t20-/m0/s1. The number of hydrogen-bond donors (Lipinski definition) is 1. The molecule has 1 heterocycles. The lowest BCUT2D eigenvalue weighted by molar-refractivity contribution is -0.148. The van der Waals surface area contributed by atoms with Crippen molar-refractivity contribution >= 4 is 33.2 Å². The van der Waals surface area contributed by atoms with E-state index in [9.17, 15) is 18.0 Å². The number of carbonyl (C=O) groups excluding carboxylic acids is 2. The number of thiazole rings is 1. The second-order valence-corrected chi connectivity index (χ2v) is 10.4. The van der Waals surface area contributed by atoms with Gasteiger partial charge in [0.2, 0.25) is 10.0 Å². The number of aryl methyl sites for hydroxylation is 1. The van der Waals surface area contributed by atoms with Crippen LogP contribution in [0.5, 0.6) is 0 Å². The van der Waals surface area contributed by atoms with E-state index in [-0.39, 0.29) is 23.0 Å².